The van der Waals surface area contributed by atoms with Crippen LogP contribution in [-0.4, -0.2) is 53.5 Å². The Labute approximate surface area is 111 Å². The van der Waals surface area contributed by atoms with Gasteiger partial charge in [0.05, 0.1) is 31.6 Å². The molecule has 2 N–H and O–H groups in total. The fourth-order valence-corrected chi connectivity index (χ4v) is 2.03. The first kappa shape index (κ1) is 14.0. The van der Waals surface area contributed by atoms with E-state index in [-0.39, 0.29) is 24.6 Å². The van der Waals surface area contributed by atoms with Gasteiger partial charge < -0.3 is 20.1 Å². The summed E-state index contributed by atoms with van der Waals surface area (Å²) in [5.41, 5.74) is 0. The van der Waals surface area contributed by atoms with E-state index in [1.54, 1.807) is 0 Å². The number of anilines is 2. The summed E-state index contributed by atoms with van der Waals surface area (Å²) in [6, 6.07) is 0.00155. The molecule has 2 atom stereocenters. The van der Waals surface area contributed by atoms with Crippen molar-refractivity contribution in [2.75, 3.05) is 36.5 Å². The van der Waals surface area contributed by atoms with Crippen LogP contribution in [0.5, 0.6) is 0 Å². The van der Waals surface area contributed by atoms with Crippen molar-refractivity contribution < 1.29 is 14.2 Å². The first-order valence-corrected chi connectivity index (χ1v) is 6.41. The van der Waals surface area contributed by atoms with E-state index in [0.717, 1.165) is 6.20 Å². The van der Waals surface area contributed by atoms with E-state index in [1.165, 1.54) is 0 Å². The molecule has 1 aromatic heterocycles. The summed E-state index contributed by atoms with van der Waals surface area (Å²) in [5, 5.41) is 12.1. The van der Waals surface area contributed by atoms with Gasteiger partial charge in [0.25, 0.3) is 0 Å². The van der Waals surface area contributed by atoms with Crippen molar-refractivity contribution in [3.05, 3.63) is 12.0 Å². The number of nitrogens with one attached hydrogen (secondary N) is 1. The highest BCUT2D eigenvalue weighted by molar-refractivity contribution is 5.45. The molecule has 0 aromatic carbocycles. The van der Waals surface area contributed by atoms with Crippen molar-refractivity contribution >= 4 is 11.8 Å². The number of hydrogen-bond donors (Lipinski definition) is 2. The summed E-state index contributed by atoms with van der Waals surface area (Å²) in [5.74, 6) is 0.186. The summed E-state index contributed by atoms with van der Waals surface area (Å²) >= 11 is 0. The average molecular weight is 270 g/mol. The first-order chi connectivity index (χ1) is 9.15. The van der Waals surface area contributed by atoms with Crippen LogP contribution in [-0.2, 0) is 4.74 Å². The van der Waals surface area contributed by atoms with E-state index >= 15 is 0 Å². The number of aromatic nitrogens is 2. The number of rotatable bonds is 4. The van der Waals surface area contributed by atoms with Crippen LogP contribution in [0.4, 0.5) is 16.2 Å². The normalized spacial score (nSPS) is 23.5. The number of ether oxygens (including phenoxy) is 1. The van der Waals surface area contributed by atoms with Gasteiger partial charge in [-0.2, -0.15) is 4.98 Å². The molecule has 1 fully saturated rings. The zero-order valence-electron chi connectivity index (χ0n) is 11.1. The second-order valence-corrected chi connectivity index (χ2v) is 4.53. The molecule has 0 aliphatic carbocycles. The smallest absolute Gasteiger partial charge is 0.224 e. The molecule has 2 heterocycles. The van der Waals surface area contributed by atoms with Crippen LogP contribution in [0.15, 0.2) is 6.20 Å². The summed E-state index contributed by atoms with van der Waals surface area (Å²) in [6.45, 7) is 5.29. The van der Waals surface area contributed by atoms with E-state index in [4.69, 9.17) is 9.84 Å². The molecule has 2 rings (SSSR count). The van der Waals surface area contributed by atoms with E-state index in [1.807, 2.05) is 18.7 Å². The van der Waals surface area contributed by atoms with Gasteiger partial charge in [0.1, 0.15) is 0 Å². The van der Waals surface area contributed by atoms with Crippen molar-refractivity contribution in [1.29, 1.82) is 0 Å². The number of aliphatic hydroxyl groups is 1. The molecular formula is C12H19FN4O2. The van der Waals surface area contributed by atoms with E-state index in [2.05, 4.69) is 15.3 Å². The highest BCUT2D eigenvalue weighted by Gasteiger charge is 2.28. The van der Waals surface area contributed by atoms with E-state index in [9.17, 15) is 4.39 Å². The van der Waals surface area contributed by atoms with Crippen LogP contribution in [0.25, 0.3) is 0 Å². The molecule has 1 saturated heterocycles. The third-order valence-corrected chi connectivity index (χ3v) is 3.04. The molecule has 19 heavy (non-hydrogen) atoms. The Hall–Kier alpha value is -1.47. The molecule has 6 nitrogen and oxygen atoms in total. The lowest BCUT2D eigenvalue weighted by molar-refractivity contribution is -0.0107. The standard InChI is InChI=1S/C12H19FN4O2/c1-3-14-12-15-4-10(13)11(16-12)17-5-9(6-18)19-7-8(17)2/h4,8-9,18H,3,5-7H2,1-2H3,(H,14,15,16). The highest BCUT2D eigenvalue weighted by atomic mass is 19.1. The monoisotopic (exact) mass is 270 g/mol. The van der Waals surface area contributed by atoms with Crippen LogP contribution in [0.2, 0.25) is 0 Å². The molecule has 7 heteroatoms. The van der Waals surface area contributed by atoms with Gasteiger partial charge in [-0.3, -0.25) is 0 Å². The van der Waals surface area contributed by atoms with Crippen LogP contribution >= 0.6 is 0 Å². The molecule has 2 unspecified atom stereocenters. The number of hydrogen-bond acceptors (Lipinski definition) is 6. The third kappa shape index (κ3) is 3.10. The van der Waals surface area contributed by atoms with Gasteiger partial charge >= 0.3 is 0 Å². The molecule has 0 amide bonds. The molecule has 0 bridgehead atoms. The topological polar surface area (TPSA) is 70.5 Å². The summed E-state index contributed by atoms with van der Waals surface area (Å²) in [6.07, 6.45) is 0.851. The van der Waals surface area contributed by atoms with Crippen LogP contribution in [0.3, 0.4) is 0 Å². The Bertz CT molecular complexity index is 432. The zero-order chi connectivity index (χ0) is 13.8. The average Bonchev–Trinajstić information content (AvgIpc) is 2.42. The molecular weight excluding hydrogens is 251 g/mol. The van der Waals surface area contributed by atoms with Crippen molar-refractivity contribution in [2.45, 2.75) is 26.0 Å². The Morgan fingerprint density at radius 1 is 1.63 bits per heavy atom. The first-order valence-electron chi connectivity index (χ1n) is 6.41. The maximum Gasteiger partial charge on any atom is 0.224 e. The van der Waals surface area contributed by atoms with Gasteiger partial charge in [0, 0.05) is 13.1 Å². The summed E-state index contributed by atoms with van der Waals surface area (Å²) < 4.78 is 19.3. The highest BCUT2D eigenvalue weighted by Crippen LogP contribution is 2.23. The van der Waals surface area contributed by atoms with E-state index in [0.29, 0.717) is 25.6 Å². The van der Waals surface area contributed by atoms with Crippen LogP contribution in [0.1, 0.15) is 13.8 Å². The molecule has 0 saturated carbocycles. The number of nitrogens with zero attached hydrogens (tertiary/aromatic N) is 3. The molecule has 1 aliphatic heterocycles. The minimum atomic E-state index is -0.466. The van der Waals surface area contributed by atoms with Gasteiger partial charge in [-0.1, -0.05) is 0 Å². The predicted molar refractivity (Wildman–Crippen MR) is 69.8 cm³/mol. The summed E-state index contributed by atoms with van der Waals surface area (Å²) in [7, 11) is 0. The number of morpholine rings is 1. The Morgan fingerprint density at radius 3 is 3.11 bits per heavy atom. The van der Waals surface area contributed by atoms with Gasteiger partial charge in [-0.15, -0.1) is 0 Å². The SMILES string of the molecule is CCNc1ncc(F)c(N2CC(CO)OCC2C)n1. The van der Waals surface area contributed by atoms with Gasteiger partial charge in [-0.05, 0) is 13.8 Å². The van der Waals surface area contributed by atoms with Gasteiger partial charge in [0.2, 0.25) is 5.95 Å². The fraction of sp³-hybridized carbons (Fsp3) is 0.667. The summed E-state index contributed by atoms with van der Waals surface area (Å²) in [4.78, 5) is 9.89. The number of aliphatic hydroxyl groups excluding tert-OH is 1. The second-order valence-electron chi connectivity index (χ2n) is 4.53. The zero-order valence-corrected chi connectivity index (χ0v) is 11.1. The molecule has 0 spiro atoms. The van der Waals surface area contributed by atoms with Crippen molar-refractivity contribution in [3.63, 3.8) is 0 Å². The molecule has 1 aliphatic rings. The lowest BCUT2D eigenvalue weighted by Gasteiger charge is -2.38. The Kier molecular flexibility index (Phi) is 4.49. The minimum absolute atomic E-state index is 0.00155. The van der Waals surface area contributed by atoms with Crippen molar-refractivity contribution in [2.24, 2.45) is 0 Å². The third-order valence-electron chi connectivity index (χ3n) is 3.04. The largest absolute Gasteiger partial charge is 0.394 e. The van der Waals surface area contributed by atoms with Crippen LogP contribution < -0.4 is 10.2 Å². The predicted octanol–water partition coefficient (Wildman–Crippen LogP) is 0.633. The Balaban J connectivity index is 2.25. The maximum atomic E-state index is 13.9. The van der Waals surface area contributed by atoms with Crippen molar-refractivity contribution in [1.82, 2.24) is 9.97 Å². The molecule has 0 radical (unpaired) electrons. The van der Waals surface area contributed by atoms with Crippen LogP contribution in [0, 0.1) is 5.82 Å². The van der Waals surface area contributed by atoms with Crippen molar-refractivity contribution in [3.8, 4) is 0 Å². The second kappa shape index (κ2) is 6.12. The van der Waals surface area contributed by atoms with E-state index < -0.39 is 5.82 Å². The molecule has 1 aromatic rings. The molecule has 106 valence electrons. The van der Waals surface area contributed by atoms with Gasteiger partial charge in [0.15, 0.2) is 11.6 Å². The minimum Gasteiger partial charge on any atom is -0.394 e. The number of halogens is 1. The quantitative estimate of drug-likeness (QED) is 0.836. The maximum absolute atomic E-state index is 13.9. The van der Waals surface area contributed by atoms with Gasteiger partial charge in [-0.25, -0.2) is 9.37 Å². The Morgan fingerprint density at radius 2 is 2.42 bits per heavy atom. The lowest BCUT2D eigenvalue weighted by Crippen LogP contribution is -2.50. The lowest BCUT2D eigenvalue weighted by atomic mass is 10.2. The fourth-order valence-electron chi connectivity index (χ4n) is 2.03.